The maximum atomic E-state index is 14.1. The lowest BCUT2D eigenvalue weighted by atomic mass is 10.00. The number of quaternary nitrogens is 1. The second-order valence-electron chi connectivity index (χ2n) is 12.0. The van der Waals surface area contributed by atoms with Crippen molar-refractivity contribution < 1.29 is 23.5 Å². The molecule has 0 saturated heterocycles. The Morgan fingerprint density at radius 3 is 1.76 bits per heavy atom. The fourth-order valence-electron chi connectivity index (χ4n) is 5.83. The molecule has 0 aromatic heterocycles. The van der Waals surface area contributed by atoms with Gasteiger partial charge >= 0.3 is 0 Å². The number of nitrogens with zero attached hydrogens (tertiary/aromatic N) is 2. The molecule has 1 unspecified atom stereocenters. The Morgan fingerprint density at radius 1 is 0.756 bits per heavy atom. The van der Waals surface area contributed by atoms with Crippen molar-refractivity contribution in [2.75, 3.05) is 48.5 Å². The Bertz CT molecular complexity index is 1280. The average Bonchev–Trinajstić information content (AvgIpc) is 2.90. The van der Waals surface area contributed by atoms with E-state index in [-0.39, 0.29) is 11.9 Å². The van der Waals surface area contributed by atoms with E-state index in [9.17, 15) is 4.79 Å². The molecular formula is C35H49N2O4+. The predicted molar refractivity (Wildman–Crippen MR) is 167 cm³/mol. The van der Waals surface area contributed by atoms with Crippen LogP contribution in [0.2, 0.25) is 0 Å². The van der Waals surface area contributed by atoms with Crippen LogP contribution in [0.5, 0.6) is 17.2 Å². The highest BCUT2D eigenvalue weighted by Gasteiger charge is 2.26. The molecule has 0 heterocycles. The minimum absolute atomic E-state index is 0.0556. The van der Waals surface area contributed by atoms with Crippen molar-refractivity contribution in [3.05, 3.63) is 87.5 Å². The largest absolute Gasteiger partial charge is 0.493 e. The summed E-state index contributed by atoms with van der Waals surface area (Å²) < 4.78 is 17.5. The Balaban J connectivity index is 1.83. The van der Waals surface area contributed by atoms with Crippen LogP contribution in [0.3, 0.4) is 0 Å². The number of ether oxygens (including phenoxy) is 3. The van der Waals surface area contributed by atoms with Gasteiger partial charge in [0.25, 0.3) is 5.91 Å². The summed E-state index contributed by atoms with van der Waals surface area (Å²) in [6, 6.07) is 16.7. The van der Waals surface area contributed by atoms with Gasteiger partial charge in [0.2, 0.25) is 5.75 Å². The van der Waals surface area contributed by atoms with Gasteiger partial charge in [-0.05, 0) is 65.2 Å². The molecule has 0 N–H and O–H groups in total. The minimum atomic E-state index is -0.0991. The second-order valence-corrected chi connectivity index (χ2v) is 12.0. The third kappa shape index (κ3) is 8.49. The highest BCUT2D eigenvalue weighted by molar-refractivity contribution is 5.96. The third-order valence-electron chi connectivity index (χ3n) is 7.67. The van der Waals surface area contributed by atoms with Crippen LogP contribution in [0.25, 0.3) is 0 Å². The van der Waals surface area contributed by atoms with Gasteiger partial charge in [-0.25, -0.2) is 0 Å². The van der Waals surface area contributed by atoms with Crippen LogP contribution in [-0.2, 0) is 6.54 Å². The lowest BCUT2D eigenvalue weighted by molar-refractivity contribution is -0.903. The van der Waals surface area contributed by atoms with E-state index < -0.39 is 0 Å². The molecule has 222 valence electrons. The number of carbonyl (C=O) groups excluding carboxylic acids is 1. The van der Waals surface area contributed by atoms with E-state index >= 15 is 0 Å². The van der Waals surface area contributed by atoms with Crippen molar-refractivity contribution in [1.29, 1.82) is 0 Å². The molecule has 0 spiro atoms. The molecule has 1 atom stereocenters. The zero-order valence-electron chi connectivity index (χ0n) is 26.8. The average molecular weight is 562 g/mol. The number of rotatable bonds is 13. The quantitative estimate of drug-likeness (QED) is 0.163. The number of hydrogen-bond acceptors (Lipinski definition) is 4. The van der Waals surface area contributed by atoms with Gasteiger partial charge in [-0.15, -0.1) is 0 Å². The SMILES string of the molecule is COc1cc(C(=O)N(CCCC[N+](C)(C)Cc2cc(C)cc(C)c2)C(C)c2cc(C)cc(C)c2)cc(OC)c1OC. The summed E-state index contributed by atoms with van der Waals surface area (Å²) in [5.41, 5.74) is 8.02. The first-order valence-corrected chi connectivity index (χ1v) is 14.5. The van der Waals surface area contributed by atoms with Crippen LogP contribution in [-0.4, -0.2) is 63.8 Å². The van der Waals surface area contributed by atoms with Crippen LogP contribution < -0.4 is 14.2 Å². The summed E-state index contributed by atoms with van der Waals surface area (Å²) in [6.07, 6.45) is 1.91. The third-order valence-corrected chi connectivity index (χ3v) is 7.67. The molecule has 0 radical (unpaired) electrons. The molecule has 0 fully saturated rings. The molecule has 1 amide bonds. The number of carbonyl (C=O) groups is 1. The van der Waals surface area contributed by atoms with Gasteiger partial charge in [-0.2, -0.15) is 0 Å². The van der Waals surface area contributed by atoms with Crippen molar-refractivity contribution in [3.63, 3.8) is 0 Å². The molecule has 0 aliphatic heterocycles. The summed E-state index contributed by atoms with van der Waals surface area (Å²) in [7, 11) is 9.28. The minimum Gasteiger partial charge on any atom is -0.493 e. The molecule has 3 aromatic rings. The standard InChI is InChI=1S/C35H49N2O4/c1-24-15-25(2)18-29(17-24)23-37(6,7)14-12-11-13-36(28(5)30-19-26(3)16-27(4)20-30)35(38)31-21-32(39-8)34(41-10)33(22-31)40-9/h15-22,28H,11-14,23H2,1-10H3/q+1. The molecule has 0 aliphatic rings. The topological polar surface area (TPSA) is 48.0 Å². The van der Waals surface area contributed by atoms with E-state index in [1.165, 1.54) is 27.8 Å². The Morgan fingerprint density at radius 2 is 1.27 bits per heavy atom. The fourth-order valence-corrected chi connectivity index (χ4v) is 5.83. The fraction of sp³-hybridized carbons (Fsp3) is 0.457. The van der Waals surface area contributed by atoms with Crippen molar-refractivity contribution >= 4 is 5.91 Å². The van der Waals surface area contributed by atoms with Crippen LogP contribution in [0.15, 0.2) is 48.5 Å². The summed E-state index contributed by atoms with van der Waals surface area (Å²) in [4.78, 5) is 16.1. The van der Waals surface area contributed by atoms with Crippen LogP contribution in [0, 0.1) is 27.7 Å². The van der Waals surface area contributed by atoms with Gasteiger partial charge in [0.1, 0.15) is 6.54 Å². The van der Waals surface area contributed by atoms with Crippen LogP contribution in [0.4, 0.5) is 0 Å². The molecule has 6 heteroatoms. The van der Waals surface area contributed by atoms with Crippen LogP contribution >= 0.6 is 0 Å². The summed E-state index contributed by atoms with van der Waals surface area (Å²) >= 11 is 0. The van der Waals surface area contributed by atoms with E-state index in [0.717, 1.165) is 36.0 Å². The number of amides is 1. The normalized spacial score (nSPS) is 12.1. The van der Waals surface area contributed by atoms with Crippen molar-refractivity contribution in [1.82, 2.24) is 4.90 Å². The van der Waals surface area contributed by atoms with Gasteiger partial charge in [0, 0.05) is 17.7 Å². The maximum absolute atomic E-state index is 14.1. The first-order chi connectivity index (χ1) is 19.4. The van der Waals surface area contributed by atoms with Crippen molar-refractivity contribution in [2.24, 2.45) is 0 Å². The molecule has 0 bridgehead atoms. The number of hydrogen-bond donors (Lipinski definition) is 0. The zero-order chi connectivity index (χ0) is 30.3. The molecule has 0 aliphatic carbocycles. The summed E-state index contributed by atoms with van der Waals surface area (Å²) in [6.45, 7) is 13.3. The highest BCUT2D eigenvalue weighted by atomic mass is 16.5. The van der Waals surface area contributed by atoms with E-state index in [1.807, 2.05) is 4.90 Å². The molecule has 41 heavy (non-hydrogen) atoms. The van der Waals surface area contributed by atoms with Crippen molar-refractivity contribution in [3.8, 4) is 17.2 Å². The number of aryl methyl sites for hydroxylation is 4. The number of methoxy groups -OCH3 is 3. The molecule has 3 aromatic carbocycles. The smallest absolute Gasteiger partial charge is 0.254 e. The monoisotopic (exact) mass is 561 g/mol. The lowest BCUT2D eigenvalue weighted by Gasteiger charge is -2.32. The molecule has 3 rings (SSSR count). The molecule has 0 saturated carbocycles. The van der Waals surface area contributed by atoms with Gasteiger partial charge < -0.3 is 23.6 Å². The Kier molecular flexibility index (Phi) is 10.9. The first-order valence-electron chi connectivity index (χ1n) is 14.5. The number of benzene rings is 3. The Hall–Kier alpha value is -3.51. The van der Waals surface area contributed by atoms with Gasteiger partial charge in [0.05, 0.1) is 48.0 Å². The van der Waals surface area contributed by atoms with Crippen molar-refractivity contribution in [2.45, 2.75) is 60.0 Å². The highest BCUT2D eigenvalue weighted by Crippen LogP contribution is 2.39. The molecular weight excluding hydrogens is 512 g/mol. The molecule has 6 nitrogen and oxygen atoms in total. The zero-order valence-corrected chi connectivity index (χ0v) is 26.8. The van der Waals surface area contributed by atoms with Crippen LogP contribution in [0.1, 0.15) is 69.5 Å². The maximum Gasteiger partial charge on any atom is 0.254 e. The Labute approximate surface area is 247 Å². The lowest BCUT2D eigenvalue weighted by Crippen LogP contribution is -2.40. The van der Waals surface area contributed by atoms with E-state index in [2.05, 4.69) is 85.1 Å². The van der Waals surface area contributed by atoms with Gasteiger partial charge in [-0.1, -0.05) is 58.7 Å². The van der Waals surface area contributed by atoms with E-state index in [4.69, 9.17) is 14.2 Å². The van der Waals surface area contributed by atoms with E-state index in [0.29, 0.717) is 29.4 Å². The predicted octanol–water partition coefficient (Wildman–Crippen LogP) is 7.21. The van der Waals surface area contributed by atoms with E-state index in [1.54, 1.807) is 33.5 Å². The van der Waals surface area contributed by atoms with Gasteiger partial charge in [-0.3, -0.25) is 4.79 Å². The first kappa shape index (κ1) is 32.0. The second kappa shape index (κ2) is 13.9. The summed E-state index contributed by atoms with van der Waals surface area (Å²) in [5, 5.41) is 0. The van der Waals surface area contributed by atoms with Gasteiger partial charge in [0.15, 0.2) is 11.5 Å². The summed E-state index contributed by atoms with van der Waals surface area (Å²) in [5.74, 6) is 1.36. The number of unbranched alkanes of at least 4 members (excludes halogenated alkanes) is 1.